The van der Waals surface area contributed by atoms with Gasteiger partial charge in [-0.1, -0.05) is 12.8 Å². The summed E-state index contributed by atoms with van der Waals surface area (Å²) < 4.78 is 31.4. The van der Waals surface area contributed by atoms with Crippen molar-refractivity contribution in [1.29, 1.82) is 0 Å². The Kier molecular flexibility index (Phi) is 3.02. The summed E-state index contributed by atoms with van der Waals surface area (Å²) in [5, 5.41) is -0.121. The zero-order chi connectivity index (χ0) is 13.5. The van der Waals surface area contributed by atoms with Gasteiger partial charge in [0.15, 0.2) is 12.0 Å². The Morgan fingerprint density at radius 3 is 2.58 bits per heavy atom. The van der Waals surface area contributed by atoms with Crippen molar-refractivity contribution in [2.45, 2.75) is 37.2 Å². The molecule has 2 heterocycles. The fourth-order valence-corrected chi connectivity index (χ4v) is 4.77. The topological polar surface area (TPSA) is 67.6 Å². The Labute approximate surface area is 112 Å². The lowest BCUT2D eigenvalue weighted by Gasteiger charge is -2.22. The van der Waals surface area contributed by atoms with Crippen molar-refractivity contribution in [2.75, 3.05) is 13.1 Å². The molecule has 19 heavy (non-hydrogen) atoms. The van der Waals surface area contributed by atoms with Gasteiger partial charge in [0.2, 0.25) is 5.09 Å². The van der Waals surface area contributed by atoms with Crippen LogP contribution < -0.4 is 0 Å². The van der Waals surface area contributed by atoms with Gasteiger partial charge in [-0.3, -0.25) is 4.79 Å². The first-order valence-electron chi connectivity index (χ1n) is 6.61. The van der Waals surface area contributed by atoms with E-state index in [0.717, 1.165) is 19.3 Å². The van der Waals surface area contributed by atoms with Crippen LogP contribution in [0.15, 0.2) is 21.6 Å². The van der Waals surface area contributed by atoms with E-state index >= 15 is 0 Å². The van der Waals surface area contributed by atoms with Crippen molar-refractivity contribution in [1.82, 2.24) is 4.31 Å². The average molecular weight is 283 g/mol. The van der Waals surface area contributed by atoms with Crippen molar-refractivity contribution in [2.24, 2.45) is 5.41 Å². The highest BCUT2D eigenvalue weighted by atomic mass is 32.2. The first-order valence-corrected chi connectivity index (χ1v) is 8.05. The van der Waals surface area contributed by atoms with Gasteiger partial charge in [-0.2, -0.15) is 4.31 Å². The minimum Gasteiger partial charge on any atom is -0.440 e. The number of carbonyl (C=O) groups is 1. The largest absolute Gasteiger partial charge is 0.440 e. The molecule has 1 aliphatic carbocycles. The summed E-state index contributed by atoms with van der Waals surface area (Å²) in [7, 11) is -3.58. The second kappa shape index (κ2) is 4.45. The maximum atomic E-state index is 12.4. The lowest BCUT2D eigenvalue weighted by atomic mass is 9.86. The number of rotatable bonds is 3. The number of furan rings is 1. The lowest BCUT2D eigenvalue weighted by Crippen LogP contribution is -2.31. The van der Waals surface area contributed by atoms with E-state index in [-0.39, 0.29) is 16.3 Å². The maximum absolute atomic E-state index is 12.4. The van der Waals surface area contributed by atoms with Gasteiger partial charge >= 0.3 is 0 Å². The summed E-state index contributed by atoms with van der Waals surface area (Å²) in [5.41, 5.74) is 0.188. The molecule has 0 N–H and O–H groups in total. The van der Waals surface area contributed by atoms with Crippen molar-refractivity contribution in [3.05, 3.63) is 17.9 Å². The third kappa shape index (κ3) is 2.12. The van der Waals surface area contributed by atoms with Gasteiger partial charge in [0.05, 0.1) is 0 Å². The van der Waals surface area contributed by atoms with Crippen LogP contribution in [0.4, 0.5) is 0 Å². The maximum Gasteiger partial charge on any atom is 0.276 e. The summed E-state index contributed by atoms with van der Waals surface area (Å²) in [6.07, 6.45) is 6.09. The number of hydrogen-bond acceptors (Lipinski definition) is 4. The fourth-order valence-electron chi connectivity index (χ4n) is 3.30. The second-order valence-corrected chi connectivity index (χ2v) is 7.44. The van der Waals surface area contributed by atoms with Gasteiger partial charge in [0.1, 0.15) is 0 Å². The molecule has 6 heteroatoms. The predicted octanol–water partition coefficient (Wildman–Crippen LogP) is 2.05. The normalized spacial score (nSPS) is 23.2. The zero-order valence-corrected chi connectivity index (χ0v) is 11.5. The molecule has 1 aromatic rings. The van der Waals surface area contributed by atoms with Crippen LogP contribution in [0.2, 0.25) is 0 Å². The quantitative estimate of drug-likeness (QED) is 0.796. The van der Waals surface area contributed by atoms with Gasteiger partial charge < -0.3 is 4.42 Å². The first-order chi connectivity index (χ1) is 9.06. The van der Waals surface area contributed by atoms with E-state index in [9.17, 15) is 13.2 Å². The van der Waals surface area contributed by atoms with Gasteiger partial charge in [-0.15, -0.1) is 0 Å². The Bertz CT molecular complexity index is 584. The summed E-state index contributed by atoms with van der Waals surface area (Å²) >= 11 is 0. The van der Waals surface area contributed by atoms with Crippen LogP contribution in [0.3, 0.4) is 0 Å². The Balaban J connectivity index is 1.83. The number of nitrogens with zero attached hydrogens (tertiary/aromatic N) is 1. The fraction of sp³-hybridized carbons (Fsp3) is 0.615. The number of hydrogen-bond donors (Lipinski definition) is 0. The van der Waals surface area contributed by atoms with Crippen LogP contribution in [0, 0.1) is 5.41 Å². The lowest BCUT2D eigenvalue weighted by molar-refractivity contribution is 0.109. The average Bonchev–Trinajstić information content (AvgIpc) is 3.12. The second-order valence-electron chi connectivity index (χ2n) is 5.57. The van der Waals surface area contributed by atoms with Gasteiger partial charge in [-0.05, 0) is 36.8 Å². The highest BCUT2D eigenvalue weighted by molar-refractivity contribution is 7.89. The predicted molar refractivity (Wildman–Crippen MR) is 68.4 cm³/mol. The van der Waals surface area contributed by atoms with E-state index in [2.05, 4.69) is 0 Å². The standard InChI is InChI=1S/C13H17NO4S/c15-9-11-3-4-12(18-11)19(16,17)14-8-7-13(10-14)5-1-2-6-13/h3-4,9H,1-2,5-8,10H2. The van der Waals surface area contributed by atoms with E-state index in [0.29, 0.717) is 19.4 Å². The zero-order valence-electron chi connectivity index (χ0n) is 10.7. The molecule has 1 saturated heterocycles. The van der Waals surface area contributed by atoms with E-state index < -0.39 is 10.0 Å². The smallest absolute Gasteiger partial charge is 0.276 e. The van der Waals surface area contributed by atoms with E-state index in [1.807, 2.05) is 0 Å². The summed E-state index contributed by atoms with van der Waals surface area (Å²) in [4.78, 5) is 10.6. The number of sulfonamides is 1. The van der Waals surface area contributed by atoms with Crippen molar-refractivity contribution in [3.8, 4) is 0 Å². The van der Waals surface area contributed by atoms with Crippen LogP contribution in [-0.2, 0) is 10.0 Å². The Morgan fingerprint density at radius 1 is 1.21 bits per heavy atom. The number of carbonyl (C=O) groups excluding carboxylic acids is 1. The summed E-state index contributed by atoms with van der Waals surface area (Å²) in [6.45, 7) is 1.14. The molecule has 1 spiro atoms. The van der Waals surface area contributed by atoms with Gasteiger partial charge in [0.25, 0.3) is 10.0 Å². The minimum absolute atomic E-state index is 0.0494. The molecule has 1 aromatic heterocycles. The van der Waals surface area contributed by atoms with Crippen LogP contribution >= 0.6 is 0 Å². The van der Waals surface area contributed by atoms with Crippen LogP contribution in [0.5, 0.6) is 0 Å². The van der Waals surface area contributed by atoms with Crippen LogP contribution in [0.1, 0.15) is 42.7 Å². The molecule has 1 aliphatic heterocycles. The number of aldehydes is 1. The molecular weight excluding hydrogens is 266 g/mol. The van der Waals surface area contributed by atoms with Gasteiger partial charge in [-0.25, -0.2) is 8.42 Å². The highest BCUT2D eigenvalue weighted by Crippen LogP contribution is 2.46. The Hall–Kier alpha value is -1.14. The molecule has 0 unspecified atom stereocenters. The molecule has 0 radical (unpaired) electrons. The summed E-state index contributed by atoms with van der Waals surface area (Å²) in [5.74, 6) is 0.0494. The van der Waals surface area contributed by atoms with E-state index in [1.165, 1.54) is 29.3 Å². The third-order valence-electron chi connectivity index (χ3n) is 4.38. The van der Waals surface area contributed by atoms with Crippen molar-refractivity contribution >= 4 is 16.3 Å². The van der Waals surface area contributed by atoms with E-state index in [4.69, 9.17) is 4.42 Å². The molecule has 0 bridgehead atoms. The monoisotopic (exact) mass is 283 g/mol. The minimum atomic E-state index is -3.58. The molecule has 0 amide bonds. The molecule has 3 rings (SSSR count). The van der Waals surface area contributed by atoms with Crippen molar-refractivity contribution in [3.63, 3.8) is 0 Å². The Morgan fingerprint density at radius 2 is 1.95 bits per heavy atom. The molecule has 104 valence electrons. The summed E-state index contributed by atoms with van der Waals surface area (Å²) in [6, 6.07) is 2.75. The molecule has 1 saturated carbocycles. The molecule has 5 nitrogen and oxygen atoms in total. The molecule has 0 atom stereocenters. The van der Waals surface area contributed by atoms with Crippen LogP contribution in [-0.4, -0.2) is 32.1 Å². The molecule has 0 aromatic carbocycles. The van der Waals surface area contributed by atoms with Gasteiger partial charge in [0, 0.05) is 13.1 Å². The van der Waals surface area contributed by atoms with Crippen LogP contribution in [0.25, 0.3) is 0 Å². The third-order valence-corrected chi connectivity index (χ3v) is 6.10. The highest BCUT2D eigenvalue weighted by Gasteiger charge is 2.45. The first kappa shape index (κ1) is 12.9. The molecular formula is C13H17NO4S. The van der Waals surface area contributed by atoms with E-state index in [1.54, 1.807) is 0 Å². The molecule has 2 aliphatic rings. The SMILES string of the molecule is O=Cc1ccc(S(=O)(=O)N2CCC3(CCCC3)C2)o1. The van der Waals surface area contributed by atoms with Crippen molar-refractivity contribution < 1.29 is 17.6 Å². The molecule has 2 fully saturated rings.